The Balaban J connectivity index is 1.84. The molecule has 2 aromatic carbocycles. The third kappa shape index (κ3) is 4.82. The van der Waals surface area contributed by atoms with Crippen molar-refractivity contribution in [3.63, 3.8) is 0 Å². The number of hydrogen-bond acceptors (Lipinski definition) is 6. The van der Waals surface area contributed by atoms with E-state index in [1.54, 1.807) is 18.2 Å². The van der Waals surface area contributed by atoms with Crippen LogP contribution in [0.3, 0.4) is 0 Å². The SMILES string of the molecule is COc1cc(C=Cc2[nH]c(=O)[nH]c(=O)c2[N+](=O)[O-])ccc1OCc1cccc(C)c1. The van der Waals surface area contributed by atoms with Gasteiger partial charge < -0.3 is 14.5 Å². The summed E-state index contributed by atoms with van der Waals surface area (Å²) < 4.78 is 11.2. The third-order valence-electron chi connectivity index (χ3n) is 4.23. The van der Waals surface area contributed by atoms with Crippen LogP contribution in [0.5, 0.6) is 11.5 Å². The second-order valence-electron chi connectivity index (χ2n) is 6.45. The van der Waals surface area contributed by atoms with Gasteiger partial charge >= 0.3 is 16.9 Å². The van der Waals surface area contributed by atoms with Crippen LogP contribution in [0.2, 0.25) is 0 Å². The molecule has 0 unspecified atom stereocenters. The number of aromatic nitrogens is 2. The molecule has 0 bridgehead atoms. The quantitative estimate of drug-likeness (QED) is 0.456. The van der Waals surface area contributed by atoms with Crippen LogP contribution in [0.4, 0.5) is 5.69 Å². The molecule has 9 heteroatoms. The number of rotatable bonds is 7. The predicted octanol–water partition coefficient (Wildman–Crippen LogP) is 3.04. The molecule has 1 aromatic heterocycles. The van der Waals surface area contributed by atoms with E-state index in [1.807, 2.05) is 36.2 Å². The summed E-state index contributed by atoms with van der Waals surface area (Å²) in [6, 6.07) is 13.1. The number of nitro groups is 1. The fourth-order valence-electron chi connectivity index (χ4n) is 2.85. The van der Waals surface area contributed by atoms with Gasteiger partial charge in [-0.3, -0.25) is 19.9 Å². The third-order valence-corrected chi connectivity index (χ3v) is 4.23. The van der Waals surface area contributed by atoms with Crippen LogP contribution in [0.15, 0.2) is 52.1 Å². The molecular weight excluding hydrogens is 390 g/mol. The highest BCUT2D eigenvalue weighted by atomic mass is 16.6. The Morgan fingerprint density at radius 1 is 1.07 bits per heavy atom. The van der Waals surface area contributed by atoms with Crippen molar-refractivity contribution in [1.82, 2.24) is 9.97 Å². The summed E-state index contributed by atoms with van der Waals surface area (Å²) >= 11 is 0. The summed E-state index contributed by atoms with van der Waals surface area (Å²) in [6.07, 6.45) is 2.81. The van der Waals surface area contributed by atoms with Gasteiger partial charge in [-0.05, 0) is 36.3 Å². The molecule has 2 N–H and O–H groups in total. The topological polar surface area (TPSA) is 127 Å². The first-order valence-electron chi connectivity index (χ1n) is 8.93. The Labute approximate surface area is 170 Å². The normalized spacial score (nSPS) is 10.9. The number of aryl methyl sites for hydroxylation is 1. The van der Waals surface area contributed by atoms with Crippen LogP contribution in [-0.2, 0) is 6.61 Å². The zero-order valence-corrected chi connectivity index (χ0v) is 16.3. The van der Waals surface area contributed by atoms with Crippen LogP contribution in [0.25, 0.3) is 12.2 Å². The Kier molecular flexibility index (Phi) is 6.11. The molecule has 3 rings (SSSR count). The van der Waals surface area contributed by atoms with E-state index in [9.17, 15) is 19.7 Å². The Bertz CT molecular complexity index is 1230. The smallest absolute Gasteiger partial charge is 0.357 e. The second kappa shape index (κ2) is 8.91. The van der Waals surface area contributed by atoms with Crippen molar-refractivity contribution in [3.05, 3.63) is 95.8 Å². The van der Waals surface area contributed by atoms with Gasteiger partial charge in [-0.2, -0.15) is 0 Å². The van der Waals surface area contributed by atoms with Crippen molar-refractivity contribution in [2.45, 2.75) is 13.5 Å². The van der Waals surface area contributed by atoms with Crippen molar-refractivity contribution in [2.24, 2.45) is 0 Å². The average molecular weight is 409 g/mol. The minimum absolute atomic E-state index is 0.201. The molecule has 0 spiro atoms. The van der Waals surface area contributed by atoms with Gasteiger partial charge in [-0.15, -0.1) is 0 Å². The van der Waals surface area contributed by atoms with Crippen molar-refractivity contribution < 1.29 is 14.4 Å². The Morgan fingerprint density at radius 2 is 1.87 bits per heavy atom. The molecule has 0 aliphatic rings. The van der Waals surface area contributed by atoms with Crippen molar-refractivity contribution in [2.75, 3.05) is 7.11 Å². The number of ether oxygens (including phenoxy) is 2. The minimum Gasteiger partial charge on any atom is -0.493 e. The predicted molar refractivity (Wildman–Crippen MR) is 112 cm³/mol. The zero-order chi connectivity index (χ0) is 21.7. The molecule has 0 aliphatic heterocycles. The molecule has 9 nitrogen and oxygen atoms in total. The molecule has 30 heavy (non-hydrogen) atoms. The van der Waals surface area contributed by atoms with Crippen LogP contribution >= 0.6 is 0 Å². The standard InChI is InChI=1S/C21H19N3O6/c1-13-4-3-5-15(10-13)12-30-17-9-7-14(11-18(17)29-2)6-8-16-19(24(27)28)20(25)23-21(26)22-16/h3-11H,12H2,1-2H3,(H2,22,23,25,26). The molecule has 3 aromatic rings. The molecule has 0 saturated carbocycles. The Morgan fingerprint density at radius 3 is 2.57 bits per heavy atom. The summed E-state index contributed by atoms with van der Waals surface area (Å²) in [5, 5.41) is 11.1. The largest absolute Gasteiger partial charge is 0.493 e. The number of nitrogens with zero attached hydrogens (tertiary/aromatic N) is 1. The van der Waals surface area contributed by atoms with E-state index in [4.69, 9.17) is 9.47 Å². The summed E-state index contributed by atoms with van der Waals surface area (Å²) in [5.74, 6) is 1.01. The van der Waals surface area contributed by atoms with Gasteiger partial charge in [0.05, 0.1) is 12.0 Å². The van der Waals surface area contributed by atoms with Crippen LogP contribution in [-0.4, -0.2) is 22.0 Å². The number of benzene rings is 2. The maximum Gasteiger partial charge on any atom is 0.357 e. The highest BCUT2D eigenvalue weighted by Gasteiger charge is 2.18. The van der Waals surface area contributed by atoms with Gasteiger partial charge in [0.1, 0.15) is 12.3 Å². The van der Waals surface area contributed by atoms with Gasteiger partial charge in [-0.1, -0.05) is 42.0 Å². The van der Waals surface area contributed by atoms with Gasteiger partial charge in [0.15, 0.2) is 11.5 Å². The molecular formula is C21H19N3O6. The zero-order valence-electron chi connectivity index (χ0n) is 16.3. The van der Waals surface area contributed by atoms with Crippen molar-refractivity contribution in [1.29, 1.82) is 0 Å². The second-order valence-corrected chi connectivity index (χ2v) is 6.45. The van der Waals surface area contributed by atoms with Crippen LogP contribution in [0, 0.1) is 17.0 Å². The van der Waals surface area contributed by atoms with E-state index >= 15 is 0 Å². The fourth-order valence-corrected chi connectivity index (χ4v) is 2.85. The molecule has 0 atom stereocenters. The lowest BCUT2D eigenvalue weighted by atomic mass is 10.1. The fraction of sp³-hybridized carbons (Fsp3) is 0.143. The lowest BCUT2D eigenvalue weighted by molar-refractivity contribution is -0.386. The summed E-state index contributed by atoms with van der Waals surface area (Å²) in [5.41, 5.74) is -0.0563. The molecule has 0 saturated heterocycles. The number of H-pyrrole nitrogens is 2. The van der Waals surface area contributed by atoms with Gasteiger partial charge in [0, 0.05) is 0 Å². The van der Waals surface area contributed by atoms with E-state index in [1.165, 1.54) is 19.3 Å². The van der Waals surface area contributed by atoms with Crippen molar-refractivity contribution >= 4 is 17.8 Å². The summed E-state index contributed by atoms with van der Waals surface area (Å²) in [6.45, 7) is 2.37. The monoisotopic (exact) mass is 409 g/mol. The number of nitrogens with one attached hydrogen (secondary N) is 2. The average Bonchev–Trinajstić information content (AvgIpc) is 2.70. The van der Waals surface area contributed by atoms with Gasteiger partial charge in [0.25, 0.3) is 0 Å². The van der Waals surface area contributed by atoms with Gasteiger partial charge in [0.2, 0.25) is 0 Å². The van der Waals surface area contributed by atoms with Crippen LogP contribution in [0.1, 0.15) is 22.4 Å². The van der Waals surface area contributed by atoms with E-state index < -0.39 is 21.9 Å². The van der Waals surface area contributed by atoms with Crippen molar-refractivity contribution in [3.8, 4) is 11.5 Å². The highest BCUT2D eigenvalue weighted by Crippen LogP contribution is 2.29. The highest BCUT2D eigenvalue weighted by molar-refractivity contribution is 5.72. The number of methoxy groups -OCH3 is 1. The molecule has 154 valence electrons. The summed E-state index contributed by atoms with van der Waals surface area (Å²) in [4.78, 5) is 37.5. The first-order valence-corrected chi connectivity index (χ1v) is 8.93. The summed E-state index contributed by atoms with van der Waals surface area (Å²) in [7, 11) is 1.50. The Hall–Kier alpha value is -4.14. The maximum absolute atomic E-state index is 11.7. The number of aromatic amines is 2. The number of hydrogen-bond donors (Lipinski definition) is 2. The minimum atomic E-state index is -1.07. The lowest BCUT2D eigenvalue weighted by Gasteiger charge is -2.11. The molecule has 0 aliphatic carbocycles. The van der Waals surface area contributed by atoms with Gasteiger partial charge in [-0.25, -0.2) is 4.79 Å². The van der Waals surface area contributed by atoms with E-state index in [2.05, 4.69) is 4.98 Å². The molecule has 0 amide bonds. The maximum atomic E-state index is 11.7. The lowest BCUT2D eigenvalue weighted by Crippen LogP contribution is -2.25. The van der Waals surface area contributed by atoms with E-state index in [0.29, 0.717) is 23.7 Å². The van der Waals surface area contributed by atoms with E-state index in [0.717, 1.165) is 11.1 Å². The molecule has 1 heterocycles. The molecule has 0 fully saturated rings. The first kappa shape index (κ1) is 20.6. The first-order chi connectivity index (χ1) is 14.4. The molecule has 0 radical (unpaired) electrons. The van der Waals surface area contributed by atoms with Crippen LogP contribution < -0.4 is 20.7 Å². The van der Waals surface area contributed by atoms with E-state index in [-0.39, 0.29) is 5.69 Å².